The standard InChI is InChI=1S/C13H13N3O2.ClH.Cu/c1-18-11-6-2-4-9(12(11)17)8-16-10-5-3-7-15-13(10)14;;/h2-8,16H,1H3,(H2,14,15);1H;/q;;+1/p-1/b9-8-;;. The van der Waals surface area contributed by atoms with Crippen molar-refractivity contribution in [2.45, 2.75) is 0 Å². The van der Waals surface area contributed by atoms with Crippen LogP contribution in [0, 0.1) is 0 Å². The molecule has 7 heteroatoms. The SMILES string of the molecule is COC1=CC=C/C(=C/Nc2cccnc2N)C1=O.[Cl][Cu]. The zero-order chi connectivity index (χ0) is 15.0. The molecule has 20 heavy (non-hydrogen) atoms. The van der Waals surface area contributed by atoms with Crippen LogP contribution < -0.4 is 11.1 Å². The number of pyridine rings is 1. The van der Waals surface area contributed by atoms with E-state index in [-0.39, 0.29) is 5.78 Å². The summed E-state index contributed by atoms with van der Waals surface area (Å²) in [5.74, 6) is 0.517. The third-order valence-corrected chi connectivity index (χ3v) is 2.45. The first-order chi connectivity index (χ1) is 9.72. The van der Waals surface area contributed by atoms with Crippen molar-refractivity contribution in [2.24, 2.45) is 0 Å². The third kappa shape index (κ3) is 4.13. The van der Waals surface area contributed by atoms with E-state index < -0.39 is 0 Å². The van der Waals surface area contributed by atoms with E-state index in [1.165, 1.54) is 7.11 Å². The monoisotopic (exact) mass is 341 g/mol. The Labute approximate surface area is 129 Å². The minimum absolute atomic E-state index is 0.171. The minimum atomic E-state index is -0.171. The summed E-state index contributed by atoms with van der Waals surface area (Å²) in [7, 11) is 5.67. The van der Waals surface area contributed by atoms with Crippen LogP contribution in [-0.4, -0.2) is 17.9 Å². The molecule has 5 nitrogen and oxygen atoms in total. The zero-order valence-electron chi connectivity index (χ0n) is 10.6. The van der Waals surface area contributed by atoms with Gasteiger partial charge in [-0.3, -0.25) is 4.79 Å². The predicted molar refractivity (Wildman–Crippen MR) is 75.4 cm³/mol. The number of ketones is 1. The second kappa shape index (κ2) is 8.43. The Bertz CT molecular complexity index is 570. The number of rotatable bonds is 3. The quantitative estimate of drug-likeness (QED) is 0.651. The van der Waals surface area contributed by atoms with E-state index in [2.05, 4.69) is 35.5 Å². The average molecular weight is 342 g/mol. The van der Waals surface area contributed by atoms with Gasteiger partial charge in [0.25, 0.3) is 0 Å². The molecule has 2 rings (SSSR count). The molecule has 1 aromatic rings. The van der Waals surface area contributed by atoms with Crippen LogP contribution >= 0.6 is 10.1 Å². The van der Waals surface area contributed by atoms with E-state index in [9.17, 15) is 4.79 Å². The van der Waals surface area contributed by atoms with E-state index in [0.29, 0.717) is 22.8 Å². The van der Waals surface area contributed by atoms with Gasteiger partial charge in [-0.25, -0.2) is 4.98 Å². The molecule has 0 aliphatic heterocycles. The van der Waals surface area contributed by atoms with Crippen molar-refractivity contribution in [3.8, 4) is 0 Å². The van der Waals surface area contributed by atoms with Gasteiger partial charge in [0.05, 0.1) is 12.8 Å². The number of nitrogen functional groups attached to an aromatic ring is 1. The van der Waals surface area contributed by atoms with Gasteiger partial charge in [-0.2, -0.15) is 0 Å². The number of Topliss-reactive ketones (excluding diaryl/α,β-unsaturated/α-hetero) is 1. The van der Waals surface area contributed by atoms with Crippen molar-refractivity contribution >= 4 is 27.4 Å². The molecule has 0 bridgehead atoms. The molecule has 0 atom stereocenters. The maximum atomic E-state index is 11.9. The Morgan fingerprint density at radius 1 is 1.50 bits per heavy atom. The van der Waals surface area contributed by atoms with Crippen molar-refractivity contribution in [2.75, 3.05) is 18.2 Å². The number of carbonyl (C=O) groups excluding carboxylic acids is 1. The number of anilines is 2. The second-order valence-electron chi connectivity index (χ2n) is 3.60. The van der Waals surface area contributed by atoms with Gasteiger partial charge in [-0.05, 0) is 24.3 Å². The Kier molecular flexibility index (Phi) is 6.87. The van der Waals surface area contributed by atoms with Gasteiger partial charge in [-0.1, -0.05) is 6.08 Å². The molecule has 1 heterocycles. The second-order valence-corrected chi connectivity index (χ2v) is 3.60. The van der Waals surface area contributed by atoms with Crippen molar-refractivity contribution in [1.82, 2.24) is 4.98 Å². The number of aromatic nitrogens is 1. The molecular weight excluding hydrogens is 329 g/mol. The van der Waals surface area contributed by atoms with Crippen LogP contribution in [-0.2, 0) is 24.6 Å². The van der Waals surface area contributed by atoms with E-state index >= 15 is 0 Å². The third-order valence-electron chi connectivity index (χ3n) is 2.45. The van der Waals surface area contributed by atoms with Crippen LogP contribution in [0.4, 0.5) is 11.5 Å². The van der Waals surface area contributed by atoms with Gasteiger partial charge in [0.1, 0.15) is 5.82 Å². The number of ether oxygens (including phenoxy) is 1. The summed E-state index contributed by atoms with van der Waals surface area (Å²) >= 11 is 3.66. The predicted octanol–water partition coefficient (Wildman–Crippen LogP) is 2.32. The fourth-order valence-corrected chi connectivity index (χ4v) is 1.50. The average Bonchev–Trinajstić information content (AvgIpc) is 2.50. The molecule has 3 N–H and O–H groups in total. The number of nitrogens with one attached hydrogen (secondary N) is 1. The summed E-state index contributed by atoms with van der Waals surface area (Å²) in [5, 5.41) is 2.95. The van der Waals surface area contributed by atoms with E-state index in [1.54, 1.807) is 42.8 Å². The summed E-state index contributed by atoms with van der Waals surface area (Å²) < 4.78 is 4.96. The van der Waals surface area contributed by atoms with Gasteiger partial charge < -0.3 is 15.8 Å². The molecular formula is C13H13ClCuN3O2. The normalized spacial score (nSPS) is 15.3. The topological polar surface area (TPSA) is 77.2 Å². The van der Waals surface area contributed by atoms with Crippen molar-refractivity contribution < 1.29 is 24.6 Å². The van der Waals surface area contributed by atoms with Crippen molar-refractivity contribution in [3.05, 3.63) is 54.1 Å². The van der Waals surface area contributed by atoms with E-state index in [4.69, 9.17) is 10.5 Å². The summed E-state index contributed by atoms with van der Waals surface area (Å²) in [4.78, 5) is 15.8. The number of allylic oxidation sites excluding steroid dienone is 4. The number of halogens is 1. The van der Waals surface area contributed by atoms with E-state index in [0.717, 1.165) is 0 Å². The maximum absolute atomic E-state index is 11.9. The first-order valence-corrected chi connectivity index (χ1v) is 6.77. The molecule has 0 saturated carbocycles. The van der Waals surface area contributed by atoms with Crippen LogP contribution in [0.1, 0.15) is 0 Å². The van der Waals surface area contributed by atoms with Gasteiger partial charge in [0.2, 0.25) is 5.78 Å². The molecule has 0 radical (unpaired) electrons. The molecule has 0 amide bonds. The number of nitrogens with zero attached hydrogens (tertiary/aromatic N) is 1. The summed E-state index contributed by atoms with van der Waals surface area (Å²) in [6.45, 7) is 0. The summed E-state index contributed by atoms with van der Waals surface area (Å²) in [6, 6.07) is 3.54. The molecule has 0 saturated heterocycles. The van der Waals surface area contributed by atoms with Gasteiger partial charge in [-0.15, -0.1) is 0 Å². The molecule has 1 aromatic heterocycles. The van der Waals surface area contributed by atoms with Crippen LogP contribution in [0.3, 0.4) is 0 Å². The summed E-state index contributed by atoms with van der Waals surface area (Å²) in [5.41, 5.74) is 6.83. The Hall–Kier alpha value is -1.75. The number of nitrogens with two attached hydrogens (primary N) is 1. The number of carbonyl (C=O) groups is 1. The first kappa shape index (κ1) is 16.3. The molecule has 0 unspecified atom stereocenters. The molecule has 1 aliphatic carbocycles. The Morgan fingerprint density at radius 3 is 2.90 bits per heavy atom. The Morgan fingerprint density at radius 2 is 2.25 bits per heavy atom. The van der Waals surface area contributed by atoms with Crippen molar-refractivity contribution in [3.63, 3.8) is 0 Å². The number of methoxy groups -OCH3 is 1. The molecule has 0 fully saturated rings. The van der Waals surface area contributed by atoms with Crippen LogP contribution in [0.2, 0.25) is 0 Å². The molecule has 1 aliphatic rings. The molecule has 110 valence electrons. The fraction of sp³-hybridized carbons (Fsp3) is 0.0769. The summed E-state index contributed by atoms with van der Waals surface area (Å²) in [6.07, 6.45) is 8.26. The van der Waals surface area contributed by atoms with Crippen molar-refractivity contribution in [1.29, 1.82) is 0 Å². The van der Waals surface area contributed by atoms with E-state index in [1.807, 2.05) is 0 Å². The molecule has 0 aromatic carbocycles. The first-order valence-electron chi connectivity index (χ1n) is 5.48. The zero-order valence-corrected chi connectivity index (χ0v) is 12.3. The van der Waals surface area contributed by atoms with Gasteiger partial charge in [0, 0.05) is 18.0 Å². The van der Waals surface area contributed by atoms with Gasteiger partial charge in [0.15, 0.2) is 5.76 Å². The fourth-order valence-electron chi connectivity index (χ4n) is 1.50. The van der Waals surface area contributed by atoms with Gasteiger partial charge >= 0.3 is 25.2 Å². The van der Waals surface area contributed by atoms with Crippen LogP contribution in [0.25, 0.3) is 0 Å². The van der Waals surface area contributed by atoms with Crippen LogP contribution in [0.5, 0.6) is 0 Å². The molecule has 0 spiro atoms. The number of hydrogen-bond acceptors (Lipinski definition) is 5. The number of hydrogen-bond donors (Lipinski definition) is 2. The Balaban J connectivity index is 0.000000956. The van der Waals surface area contributed by atoms with Crippen LogP contribution in [0.15, 0.2) is 54.1 Å².